The Kier molecular flexibility index (Phi) is 5.14. The van der Waals surface area contributed by atoms with Crippen LogP contribution in [0.3, 0.4) is 0 Å². The summed E-state index contributed by atoms with van der Waals surface area (Å²) in [6.45, 7) is 7.22. The number of hydrogen-bond donors (Lipinski definition) is 1. The topological polar surface area (TPSA) is 88.4 Å². The van der Waals surface area contributed by atoms with Crippen molar-refractivity contribution in [1.29, 1.82) is 5.26 Å². The van der Waals surface area contributed by atoms with Gasteiger partial charge in [0, 0.05) is 5.70 Å². The van der Waals surface area contributed by atoms with Gasteiger partial charge in [0.25, 0.3) is 0 Å². The lowest BCUT2D eigenvalue weighted by atomic mass is 10.1. The van der Waals surface area contributed by atoms with Gasteiger partial charge in [0.2, 0.25) is 0 Å². The summed E-state index contributed by atoms with van der Waals surface area (Å²) in [6, 6.07) is 1.34. The molecule has 1 rings (SSSR count). The largest absolute Gasteiger partial charge is 0.464 e. The fourth-order valence-electron chi connectivity index (χ4n) is 1.83. The molecule has 0 bridgehead atoms. The van der Waals surface area contributed by atoms with Crippen LogP contribution < -0.4 is 5.32 Å². The molecule has 1 saturated heterocycles. The van der Waals surface area contributed by atoms with Crippen LogP contribution in [0.2, 0.25) is 0 Å². The first-order valence-corrected chi connectivity index (χ1v) is 6.58. The molecule has 1 N–H and O–H groups in total. The van der Waals surface area contributed by atoms with Crippen molar-refractivity contribution in [3.8, 4) is 6.07 Å². The van der Waals surface area contributed by atoms with Crippen LogP contribution in [-0.2, 0) is 19.1 Å². The number of ether oxygens (including phenoxy) is 2. The van der Waals surface area contributed by atoms with Crippen LogP contribution in [0.4, 0.5) is 0 Å². The van der Waals surface area contributed by atoms with E-state index in [1.807, 2.05) is 6.07 Å². The van der Waals surface area contributed by atoms with Crippen molar-refractivity contribution in [2.45, 2.75) is 52.2 Å². The lowest BCUT2D eigenvalue weighted by Gasteiger charge is -2.19. The fraction of sp³-hybridized carbons (Fsp3) is 0.643. The average Bonchev–Trinajstić information content (AvgIpc) is 2.77. The summed E-state index contributed by atoms with van der Waals surface area (Å²) in [6.07, 6.45) is 0.952. The molecule has 6 nitrogen and oxygen atoms in total. The first-order valence-electron chi connectivity index (χ1n) is 6.58. The van der Waals surface area contributed by atoms with Crippen molar-refractivity contribution in [3.63, 3.8) is 0 Å². The summed E-state index contributed by atoms with van der Waals surface area (Å²) in [4.78, 5) is 23.5. The molecular formula is C14H20N2O4. The highest BCUT2D eigenvalue weighted by Gasteiger charge is 2.31. The zero-order valence-electron chi connectivity index (χ0n) is 12.3. The molecule has 0 aromatic rings. The number of rotatable bonds is 3. The Morgan fingerprint density at radius 2 is 2.10 bits per heavy atom. The summed E-state index contributed by atoms with van der Waals surface area (Å²) in [5, 5.41) is 12.0. The Morgan fingerprint density at radius 3 is 2.60 bits per heavy atom. The van der Waals surface area contributed by atoms with Gasteiger partial charge in [-0.15, -0.1) is 0 Å². The minimum absolute atomic E-state index is 0.0771. The first kappa shape index (κ1) is 16.0. The molecule has 20 heavy (non-hydrogen) atoms. The van der Waals surface area contributed by atoms with Crippen LogP contribution >= 0.6 is 0 Å². The maximum atomic E-state index is 11.9. The molecule has 0 radical (unpaired) electrons. The predicted octanol–water partition coefficient (Wildman–Crippen LogP) is 1.42. The van der Waals surface area contributed by atoms with E-state index in [0.29, 0.717) is 25.1 Å². The number of esters is 2. The van der Waals surface area contributed by atoms with Gasteiger partial charge in [-0.3, -0.25) is 0 Å². The van der Waals surface area contributed by atoms with E-state index in [1.54, 1.807) is 27.7 Å². The second-order valence-corrected chi connectivity index (χ2v) is 5.45. The van der Waals surface area contributed by atoms with E-state index >= 15 is 0 Å². The smallest absolute Gasteiger partial charge is 0.351 e. The molecule has 6 heteroatoms. The van der Waals surface area contributed by atoms with Gasteiger partial charge in [-0.1, -0.05) is 0 Å². The van der Waals surface area contributed by atoms with Crippen molar-refractivity contribution < 1.29 is 19.1 Å². The van der Waals surface area contributed by atoms with Crippen LogP contribution in [0.15, 0.2) is 11.3 Å². The summed E-state index contributed by atoms with van der Waals surface area (Å²) >= 11 is 0. The van der Waals surface area contributed by atoms with Gasteiger partial charge in [0.05, 0.1) is 6.61 Å². The standard InChI is InChI=1S/C14H20N2O4/c1-5-19-13(18)11-7-6-10(16-11)9(8-15)12(17)20-14(2,3)4/h11,16H,5-7H2,1-4H3/b10-9-/t11-/m0/s1. The fourth-order valence-corrected chi connectivity index (χ4v) is 1.83. The molecule has 0 amide bonds. The molecule has 0 aromatic carbocycles. The predicted molar refractivity (Wildman–Crippen MR) is 71.3 cm³/mol. The molecule has 0 unspecified atom stereocenters. The quantitative estimate of drug-likeness (QED) is 0.478. The Bertz CT molecular complexity index is 469. The van der Waals surface area contributed by atoms with Gasteiger partial charge >= 0.3 is 11.9 Å². The van der Waals surface area contributed by atoms with Crippen LogP contribution in [0, 0.1) is 11.3 Å². The van der Waals surface area contributed by atoms with Gasteiger partial charge in [0.1, 0.15) is 17.7 Å². The lowest BCUT2D eigenvalue weighted by Crippen LogP contribution is -2.33. The molecule has 1 atom stereocenters. The molecule has 1 aliphatic rings. The van der Waals surface area contributed by atoms with Crippen molar-refractivity contribution >= 4 is 11.9 Å². The normalized spacial score (nSPS) is 20.6. The third-order valence-corrected chi connectivity index (χ3v) is 2.62. The number of hydrogen-bond acceptors (Lipinski definition) is 6. The molecule has 0 spiro atoms. The highest BCUT2D eigenvalue weighted by atomic mass is 16.6. The summed E-state index contributed by atoms with van der Waals surface area (Å²) in [5.41, 5.74) is -0.301. The maximum Gasteiger partial charge on any atom is 0.351 e. The van der Waals surface area contributed by atoms with Crippen molar-refractivity contribution in [3.05, 3.63) is 11.3 Å². The summed E-state index contributed by atoms with van der Waals surface area (Å²) in [5.74, 6) is -1.05. The van der Waals surface area contributed by atoms with Crippen LogP contribution in [-0.4, -0.2) is 30.2 Å². The van der Waals surface area contributed by atoms with Crippen LogP contribution in [0.25, 0.3) is 0 Å². The van der Waals surface area contributed by atoms with Gasteiger partial charge in [-0.05, 0) is 40.5 Å². The number of nitrogens with one attached hydrogen (secondary N) is 1. The molecule has 1 heterocycles. The van der Waals surface area contributed by atoms with E-state index in [0.717, 1.165) is 0 Å². The highest BCUT2D eigenvalue weighted by molar-refractivity contribution is 5.94. The van der Waals surface area contributed by atoms with E-state index in [2.05, 4.69) is 5.32 Å². The number of nitrogens with zero attached hydrogens (tertiary/aromatic N) is 1. The first-order chi connectivity index (χ1) is 9.28. The zero-order valence-corrected chi connectivity index (χ0v) is 12.3. The van der Waals surface area contributed by atoms with E-state index in [9.17, 15) is 9.59 Å². The zero-order chi connectivity index (χ0) is 15.3. The van der Waals surface area contributed by atoms with Gasteiger partial charge in [-0.25, -0.2) is 9.59 Å². The molecular weight excluding hydrogens is 260 g/mol. The maximum absolute atomic E-state index is 11.9. The van der Waals surface area contributed by atoms with Gasteiger partial charge < -0.3 is 14.8 Å². The van der Waals surface area contributed by atoms with Crippen molar-refractivity contribution in [2.75, 3.05) is 6.61 Å². The lowest BCUT2D eigenvalue weighted by molar-refractivity contribution is -0.149. The molecule has 0 saturated carbocycles. The summed E-state index contributed by atoms with van der Waals surface area (Å²) in [7, 11) is 0. The van der Waals surface area contributed by atoms with E-state index in [-0.39, 0.29) is 11.5 Å². The van der Waals surface area contributed by atoms with Crippen molar-refractivity contribution in [1.82, 2.24) is 5.32 Å². The summed E-state index contributed by atoms with van der Waals surface area (Å²) < 4.78 is 10.1. The molecule has 110 valence electrons. The second-order valence-electron chi connectivity index (χ2n) is 5.45. The van der Waals surface area contributed by atoms with E-state index in [1.165, 1.54) is 0 Å². The van der Waals surface area contributed by atoms with Crippen LogP contribution in [0.5, 0.6) is 0 Å². The Labute approximate surface area is 118 Å². The minimum Gasteiger partial charge on any atom is -0.464 e. The Balaban J connectivity index is 2.82. The molecule has 0 aromatic heterocycles. The van der Waals surface area contributed by atoms with Crippen molar-refractivity contribution in [2.24, 2.45) is 0 Å². The average molecular weight is 280 g/mol. The van der Waals surface area contributed by atoms with Crippen LogP contribution in [0.1, 0.15) is 40.5 Å². The Morgan fingerprint density at radius 1 is 1.45 bits per heavy atom. The molecule has 0 aliphatic carbocycles. The monoisotopic (exact) mass is 280 g/mol. The van der Waals surface area contributed by atoms with Gasteiger partial charge in [-0.2, -0.15) is 5.26 Å². The molecule has 1 fully saturated rings. The van der Waals surface area contributed by atoms with E-state index in [4.69, 9.17) is 14.7 Å². The number of carbonyl (C=O) groups excluding carboxylic acids is 2. The third kappa shape index (κ3) is 4.26. The third-order valence-electron chi connectivity index (χ3n) is 2.62. The van der Waals surface area contributed by atoms with Gasteiger partial charge in [0.15, 0.2) is 5.57 Å². The number of nitriles is 1. The SMILES string of the molecule is CCOC(=O)[C@@H]1CC/C(=C(\C#N)C(=O)OC(C)(C)C)N1. The molecule has 1 aliphatic heterocycles. The number of allylic oxidation sites excluding steroid dienone is 1. The second kappa shape index (κ2) is 6.42. The minimum atomic E-state index is -0.674. The highest BCUT2D eigenvalue weighted by Crippen LogP contribution is 2.22. The Hall–Kier alpha value is -2.03. The van der Waals surface area contributed by atoms with E-state index < -0.39 is 17.6 Å². The number of carbonyl (C=O) groups is 2.